The van der Waals surface area contributed by atoms with E-state index in [9.17, 15) is 4.39 Å². The molecule has 0 fully saturated rings. The minimum Gasteiger partial charge on any atom is -0.207 e. The Morgan fingerprint density at radius 3 is 1.46 bits per heavy atom. The Hall–Kier alpha value is -2.90. The highest BCUT2D eigenvalue weighted by atomic mass is 35.5. The first-order valence-corrected chi connectivity index (χ1v) is 8.79. The molecule has 0 nitrogen and oxygen atoms in total. The third-order valence-corrected chi connectivity index (χ3v) is 4.65. The van der Waals surface area contributed by atoms with Crippen molar-refractivity contribution in [1.29, 1.82) is 0 Å². The standard InChI is InChI=1S/C24H16ClF/c25-23-6-2-5-22(16-23)21-4-1-3-20(15-21)19-9-7-17(8-10-19)18-11-13-24(26)14-12-18/h1-16H. The van der Waals surface area contributed by atoms with E-state index in [0.717, 1.165) is 38.4 Å². The van der Waals surface area contributed by atoms with E-state index in [1.807, 2.05) is 18.2 Å². The van der Waals surface area contributed by atoms with Crippen molar-refractivity contribution in [2.24, 2.45) is 0 Å². The van der Waals surface area contributed by atoms with Gasteiger partial charge in [-0.05, 0) is 63.7 Å². The fourth-order valence-electron chi connectivity index (χ4n) is 3.04. The van der Waals surface area contributed by atoms with Gasteiger partial charge in [0.2, 0.25) is 0 Å². The van der Waals surface area contributed by atoms with Gasteiger partial charge in [0.15, 0.2) is 0 Å². The molecule has 0 aliphatic heterocycles. The van der Waals surface area contributed by atoms with Gasteiger partial charge in [-0.15, -0.1) is 0 Å². The van der Waals surface area contributed by atoms with Crippen molar-refractivity contribution in [3.8, 4) is 33.4 Å². The highest BCUT2D eigenvalue weighted by molar-refractivity contribution is 6.30. The molecule has 0 aliphatic carbocycles. The summed E-state index contributed by atoms with van der Waals surface area (Å²) in [6.45, 7) is 0. The van der Waals surface area contributed by atoms with Crippen LogP contribution in [0.15, 0.2) is 97.1 Å². The summed E-state index contributed by atoms with van der Waals surface area (Å²) in [6.07, 6.45) is 0. The van der Waals surface area contributed by atoms with Gasteiger partial charge in [-0.3, -0.25) is 0 Å². The highest BCUT2D eigenvalue weighted by Crippen LogP contribution is 2.29. The topological polar surface area (TPSA) is 0 Å². The molecule has 0 radical (unpaired) electrons. The normalized spacial score (nSPS) is 10.7. The molecule has 0 aliphatic rings. The van der Waals surface area contributed by atoms with E-state index in [0.29, 0.717) is 0 Å². The van der Waals surface area contributed by atoms with E-state index in [-0.39, 0.29) is 5.82 Å². The van der Waals surface area contributed by atoms with Crippen LogP contribution in [0, 0.1) is 5.82 Å². The number of hydrogen-bond donors (Lipinski definition) is 0. The molecule has 0 saturated heterocycles. The van der Waals surface area contributed by atoms with Gasteiger partial charge in [0.1, 0.15) is 5.82 Å². The van der Waals surface area contributed by atoms with Crippen molar-refractivity contribution in [2.45, 2.75) is 0 Å². The van der Waals surface area contributed by atoms with Crippen LogP contribution < -0.4 is 0 Å². The smallest absolute Gasteiger partial charge is 0.123 e. The molecule has 0 saturated carbocycles. The largest absolute Gasteiger partial charge is 0.207 e. The minimum atomic E-state index is -0.219. The zero-order valence-electron chi connectivity index (χ0n) is 14.0. The number of halogens is 2. The molecule has 0 bridgehead atoms. The van der Waals surface area contributed by atoms with E-state index in [4.69, 9.17) is 11.6 Å². The summed E-state index contributed by atoms with van der Waals surface area (Å²) in [7, 11) is 0. The summed E-state index contributed by atoms with van der Waals surface area (Å²) in [5, 5.41) is 0.733. The molecule has 0 N–H and O–H groups in total. The van der Waals surface area contributed by atoms with Crippen LogP contribution in [0.4, 0.5) is 4.39 Å². The summed E-state index contributed by atoms with van der Waals surface area (Å²) in [4.78, 5) is 0. The molecule has 126 valence electrons. The molecule has 2 heteroatoms. The average molecular weight is 359 g/mol. The van der Waals surface area contributed by atoms with Gasteiger partial charge >= 0.3 is 0 Å². The van der Waals surface area contributed by atoms with Crippen LogP contribution in [0.2, 0.25) is 5.02 Å². The number of hydrogen-bond acceptors (Lipinski definition) is 0. The van der Waals surface area contributed by atoms with E-state index in [2.05, 4.69) is 54.6 Å². The number of rotatable bonds is 3. The second-order valence-corrected chi connectivity index (χ2v) is 6.61. The van der Waals surface area contributed by atoms with Gasteiger partial charge in [-0.1, -0.05) is 78.3 Å². The lowest BCUT2D eigenvalue weighted by molar-refractivity contribution is 0.628. The molecular weight excluding hydrogens is 343 g/mol. The first-order chi connectivity index (χ1) is 12.7. The van der Waals surface area contributed by atoms with Gasteiger partial charge in [0, 0.05) is 5.02 Å². The van der Waals surface area contributed by atoms with Crippen molar-refractivity contribution < 1.29 is 4.39 Å². The Kier molecular flexibility index (Phi) is 4.55. The van der Waals surface area contributed by atoms with E-state index in [1.165, 1.54) is 12.1 Å². The summed E-state index contributed by atoms with van der Waals surface area (Å²) in [6, 6.07) is 31.1. The SMILES string of the molecule is Fc1ccc(-c2ccc(-c3cccc(-c4cccc(Cl)c4)c3)cc2)cc1. The highest BCUT2D eigenvalue weighted by Gasteiger charge is 2.04. The third kappa shape index (κ3) is 3.54. The van der Waals surface area contributed by atoms with E-state index < -0.39 is 0 Å². The molecule has 0 heterocycles. The van der Waals surface area contributed by atoms with Gasteiger partial charge in [0.05, 0.1) is 0 Å². The number of benzene rings is 4. The molecule has 0 spiro atoms. The third-order valence-electron chi connectivity index (χ3n) is 4.42. The molecule has 0 atom stereocenters. The quantitative estimate of drug-likeness (QED) is 0.356. The van der Waals surface area contributed by atoms with Crippen molar-refractivity contribution in [3.05, 3.63) is 108 Å². The molecule has 4 aromatic rings. The van der Waals surface area contributed by atoms with Crippen molar-refractivity contribution in [2.75, 3.05) is 0 Å². The van der Waals surface area contributed by atoms with Crippen LogP contribution in [0.25, 0.3) is 33.4 Å². The first-order valence-electron chi connectivity index (χ1n) is 8.41. The van der Waals surface area contributed by atoms with Crippen LogP contribution in [-0.4, -0.2) is 0 Å². The summed E-state index contributed by atoms with van der Waals surface area (Å²) >= 11 is 6.11. The Morgan fingerprint density at radius 2 is 0.885 bits per heavy atom. The maximum atomic E-state index is 13.1. The first kappa shape index (κ1) is 16.6. The predicted octanol–water partition coefficient (Wildman–Crippen LogP) is 7.48. The van der Waals surface area contributed by atoms with Crippen molar-refractivity contribution in [3.63, 3.8) is 0 Å². The molecular formula is C24H16ClF. The zero-order chi connectivity index (χ0) is 17.9. The van der Waals surface area contributed by atoms with Gasteiger partial charge in [-0.25, -0.2) is 4.39 Å². The molecule has 4 aromatic carbocycles. The Balaban J connectivity index is 1.65. The van der Waals surface area contributed by atoms with Crippen molar-refractivity contribution >= 4 is 11.6 Å². The molecule has 26 heavy (non-hydrogen) atoms. The van der Waals surface area contributed by atoms with Crippen molar-refractivity contribution in [1.82, 2.24) is 0 Å². The predicted molar refractivity (Wildman–Crippen MR) is 108 cm³/mol. The lowest BCUT2D eigenvalue weighted by Crippen LogP contribution is -1.83. The molecule has 0 unspecified atom stereocenters. The summed E-state index contributed by atoms with van der Waals surface area (Å²) in [5.74, 6) is -0.219. The fourth-order valence-corrected chi connectivity index (χ4v) is 3.23. The lowest BCUT2D eigenvalue weighted by Gasteiger charge is -2.08. The van der Waals surface area contributed by atoms with Gasteiger partial charge in [0.25, 0.3) is 0 Å². The Labute approximate surface area is 157 Å². The maximum Gasteiger partial charge on any atom is 0.123 e. The van der Waals surface area contributed by atoms with Crippen LogP contribution >= 0.6 is 11.6 Å². The molecule has 0 amide bonds. The minimum absolute atomic E-state index is 0.219. The molecule has 0 aromatic heterocycles. The van der Waals surface area contributed by atoms with E-state index in [1.54, 1.807) is 12.1 Å². The van der Waals surface area contributed by atoms with Crippen LogP contribution in [0.3, 0.4) is 0 Å². The average Bonchev–Trinajstić information content (AvgIpc) is 2.69. The second kappa shape index (κ2) is 7.15. The van der Waals surface area contributed by atoms with Gasteiger partial charge < -0.3 is 0 Å². The zero-order valence-corrected chi connectivity index (χ0v) is 14.7. The summed E-state index contributed by atoms with van der Waals surface area (Å²) < 4.78 is 13.1. The second-order valence-electron chi connectivity index (χ2n) is 6.18. The van der Waals surface area contributed by atoms with Crippen LogP contribution in [0.1, 0.15) is 0 Å². The van der Waals surface area contributed by atoms with Crippen LogP contribution in [-0.2, 0) is 0 Å². The summed E-state index contributed by atoms with van der Waals surface area (Å²) in [5.41, 5.74) is 6.59. The monoisotopic (exact) mass is 358 g/mol. The van der Waals surface area contributed by atoms with Gasteiger partial charge in [-0.2, -0.15) is 0 Å². The van der Waals surface area contributed by atoms with E-state index >= 15 is 0 Å². The fraction of sp³-hybridized carbons (Fsp3) is 0. The van der Waals surface area contributed by atoms with Crippen LogP contribution in [0.5, 0.6) is 0 Å². The Morgan fingerprint density at radius 1 is 0.462 bits per heavy atom. The maximum absolute atomic E-state index is 13.1. The molecule has 4 rings (SSSR count). The lowest BCUT2D eigenvalue weighted by atomic mass is 9.97. The Bertz CT molecular complexity index is 1030.